The molecule has 1 aromatic carbocycles. The lowest BCUT2D eigenvalue weighted by molar-refractivity contribution is 0.0697. The topological polar surface area (TPSA) is 76.2 Å². The Balaban J connectivity index is 1.93. The van der Waals surface area contributed by atoms with E-state index in [1.165, 1.54) is 17.7 Å². The van der Waals surface area contributed by atoms with Crippen molar-refractivity contribution in [1.29, 1.82) is 0 Å². The number of benzene rings is 1. The molecular formula is C15H12N2O3S. The first kappa shape index (κ1) is 13.5. The van der Waals surface area contributed by atoms with Gasteiger partial charge in [0.2, 0.25) is 5.82 Å². The van der Waals surface area contributed by atoms with Crippen LogP contribution in [0.3, 0.4) is 0 Å². The summed E-state index contributed by atoms with van der Waals surface area (Å²) in [7, 11) is 0. The van der Waals surface area contributed by atoms with E-state index in [1.54, 1.807) is 23.5 Å². The fourth-order valence-electron chi connectivity index (χ4n) is 2.00. The van der Waals surface area contributed by atoms with Crippen molar-refractivity contribution in [1.82, 2.24) is 10.1 Å². The maximum atomic E-state index is 10.8. The van der Waals surface area contributed by atoms with Gasteiger partial charge < -0.3 is 9.63 Å². The Labute approximate surface area is 124 Å². The van der Waals surface area contributed by atoms with Crippen LogP contribution in [0, 0.1) is 0 Å². The smallest absolute Gasteiger partial charge is 0.335 e. The third kappa shape index (κ3) is 2.57. The largest absolute Gasteiger partial charge is 0.478 e. The summed E-state index contributed by atoms with van der Waals surface area (Å²) in [6, 6.07) is 8.44. The Morgan fingerprint density at radius 1 is 1.29 bits per heavy atom. The van der Waals surface area contributed by atoms with Crippen LogP contribution in [0.2, 0.25) is 0 Å². The number of hydrogen-bond acceptors (Lipinski definition) is 5. The van der Waals surface area contributed by atoms with Crippen LogP contribution >= 0.6 is 11.3 Å². The van der Waals surface area contributed by atoms with Gasteiger partial charge in [-0.1, -0.05) is 24.2 Å². The molecule has 1 N–H and O–H groups in total. The van der Waals surface area contributed by atoms with Gasteiger partial charge in [0.15, 0.2) is 0 Å². The van der Waals surface area contributed by atoms with E-state index in [9.17, 15) is 4.79 Å². The summed E-state index contributed by atoms with van der Waals surface area (Å²) in [4.78, 5) is 16.2. The number of aryl methyl sites for hydroxylation is 1. The normalized spacial score (nSPS) is 10.7. The number of carboxylic acids is 1. The van der Waals surface area contributed by atoms with Crippen LogP contribution in [-0.4, -0.2) is 21.2 Å². The summed E-state index contributed by atoms with van der Waals surface area (Å²) in [5.74, 6) is -0.00178. The Morgan fingerprint density at radius 3 is 2.71 bits per heavy atom. The van der Waals surface area contributed by atoms with Gasteiger partial charge >= 0.3 is 5.97 Å². The van der Waals surface area contributed by atoms with Gasteiger partial charge in [-0.25, -0.2) is 4.79 Å². The second kappa shape index (κ2) is 5.49. The zero-order chi connectivity index (χ0) is 14.8. The average molecular weight is 300 g/mol. The molecule has 3 rings (SSSR count). The summed E-state index contributed by atoms with van der Waals surface area (Å²) in [6.07, 6.45) is 0.907. The van der Waals surface area contributed by atoms with Gasteiger partial charge in [0.25, 0.3) is 5.89 Å². The highest BCUT2D eigenvalue weighted by atomic mass is 32.1. The number of rotatable bonds is 4. The first-order valence-electron chi connectivity index (χ1n) is 6.43. The number of nitrogens with zero attached hydrogens (tertiary/aromatic N) is 2. The third-order valence-electron chi connectivity index (χ3n) is 3.14. The average Bonchev–Trinajstić information content (AvgIpc) is 3.15. The highest BCUT2D eigenvalue weighted by molar-refractivity contribution is 7.13. The molecule has 0 spiro atoms. The van der Waals surface area contributed by atoms with E-state index in [0.29, 0.717) is 11.7 Å². The molecule has 0 bridgehead atoms. The van der Waals surface area contributed by atoms with Crippen LogP contribution in [0.1, 0.15) is 22.8 Å². The number of carboxylic acid groups (broad SMARTS) is 1. The van der Waals surface area contributed by atoms with Crippen molar-refractivity contribution >= 4 is 17.3 Å². The molecule has 2 heterocycles. The van der Waals surface area contributed by atoms with Crippen molar-refractivity contribution in [3.8, 4) is 22.2 Å². The minimum Gasteiger partial charge on any atom is -0.478 e. The van der Waals surface area contributed by atoms with E-state index in [1.807, 2.05) is 11.4 Å². The van der Waals surface area contributed by atoms with Crippen LogP contribution < -0.4 is 0 Å². The van der Waals surface area contributed by atoms with E-state index in [2.05, 4.69) is 17.1 Å². The van der Waals surface area contributed by atoms with E-state index in [-0.39, 0.29) is 5.56 Å². The van der Waals surface area contributed by atoms with Crippen LogP contribution in [0.4, 0.5) is 0 Å². The zero-order valence-corrected chi connectivity index (χ0v) is 12.1. The number of hydrogen-bond donors (Lipinski definition) is 1. The van der Waals surface area contributed by atoms with Crippen molar-refractivity contribution in [3.05, 3.63) is 46.8 Å². The highest BCUT2D eigenvalue weighted by Gasteiger charge is 2.15. The number of aromatic carboxylic acids is 1. The molecule has 106 valence electrons. The van der Waals surface area contributed by atoms with Crippen molar-refractivity contribution in [3.63, 3.8) is 0 Å². The summed E-state index contributed by atoms with van der Waals surface area (Å²) < 4.78 is 5.32. The summed E-state index contributed by atoms with van der Waals surface area (Å²) in [5, 5.41) is 14.8. The SMILES string of the molecule is CCc1ccsc1-c1nc(-c2ccc(C(=O)O)cc2)no1. The monoisotopic (exact) mass is 300 g/mol. The molecule has 5 nitrogen and oxygen atoms in total. The van der Waals surface area contributed by atoms with Crippen molar-refractivity contribution in [2.75, 3.05) is 0 Å². The van der Waals surface area contributed by atoms with E-state index >= 15 is 0 Å². The predicted molar refractivity (Wildman–Crippen MR) is 79.4 cm³/mol. The highest BCUT2D eigenvalue weighted by Crippen LogP contribution is 2.30. The Bertz CT molecular complexity index is 774. The van der Waals surface area contributed by atoms with Gasteiger partial charge in [-0.05, 0) is 35.6 Å². The Hall–Kier alpha value is -2.47. The van der Waals surface area contributed by atoms with Gasteiger partial charge in [0, 0.05) is 5.56 Å². The van der Waals surface area contributed by atoms with Crippen molar-refractivity contribution < 1.29 is 14.4 Å². The molecular weight excluding hydrogens is 288 g/mol. The van der Waals surface area contributed by atoms with Gasteiger partial charge in [0.05, 0.1) is 10.4 Å². The quantitative estimate of drug-likeness (QED) is 0.794. The van der Waals surface area contributed by atoms with Gasteiger partial charge in [-0.2, -0.15) is 4.98 Å². The first-order valence-corrected chi connectivity index (χ1v) is 7.31. The summed E-state index contributed by atoms with van der Waals surface area (Å²) in [5.41, 5.74) is 2.13. The zero-order valence-electron chi connectivity index (χ0n) is 11.2. The maximum Gasteiger partial charge on any atom is 0.335 e. The summed E-state index contributed by atoms with van der Waals surface area (Å²) >= 11 is 1.57. The minimum absolute atomic E-state index is 0.231. The summed E-state index contributed by atoms with van der Waals surface area (Å²) in [6.45, 7) is 2.08. The molecule has 0 aliphatic rings. The lowest BCUT2D eigenvalue weighted by atomic mass is 10.1. The second-order valence-electron chi connectivity index (χ2n) is 4.43. The second-order valence-corrected chi connectivity index (χ2v) is 5.35. The molecule has 0 radical (unpaired) electrons. The molecule has 2 aromatic heterocycles. The molecule has 0 aliphatic heterocycles. The Morgan fingerprint density at radius 2 is 2.05 bits per heavy atom. The number of aromatic nitrogens is 2. The van der Waals surface area contributed by atoms with Gasteiger partial charge in [0.1, 0.15) is 0 Å². The van der Waals surface area contributed by atoms with E-state index in [0.717, 1.165) is 16.9 Å². The molecule has 0 saturated heterocycles. The van der Waals surface area contributed by atoms with E-state index in [4.69, 9.17) is 9.63 Å². The minimum atomic E-state index is -0.957. The van der Waals surface area contributed by atoms with Gasteiger partial charge in [-0.3, -0.25) is 0 Å². The third-order valence-corrected chi connectivity index (χ3v) is 4.08. The molecule has 0 saturated carbocycles. The molecule has 6 heteroatoms. The van der Waals surface area contributed by atoms with Crippen molar-refractivity contribution in [2.24, 2.45) is 0 Å². The van der Waals surface area contributed by atoms with Crippen LogP contribution in [0.25, 0.3) is 22.2 Å². The lowest BCUT2D eigenvalue weighted by Crippen LogP contribution is -1.95. The van der Waals surface area contributed by atoms with Gasteiger partial charge in [-0.15, -0.1) is 11.3 Å². The number of carbonyl (C=O) groups is 1. The molecule has 0 unspecified atom stereocenters. The van der Waals surface area contributed by atoms with Crippen LogP contribution in [-0.2, 0) is 6.42 Å². The predicted octanol–water partition coefficient (Wildman–Crippen LogP) is 3.73. The van der Waals surface area contributed by atoms with Crippen molar-refractivity contribution in [2.45, 2.75) is 13.3 Å². The molecule has 0 atom stereocenters. The maximum absolute atomic E-state index is 10.8. The molecule has 0 fully saturated rings. The van der Waals surface area contributed by atoms with Crippen LogP contribution in [0.15, 0.2) is 40.2 Å². The number of thiophene rings is 1. The molecule has 3 aromatic rings. The molecule has 0 amide bonds. The Kier molecular flexibility index (Phi) is 3.53. The fraction of sp³-hybridized carbons (Fsp3) is 0.133. The molecule has 21 heavy (non-hydrogen) atoms. The first-order chi connectivity index (χ1) is 10.2. The van der Waals surface area contributed by atoms with E-state index < -0.39 is 5.97 Å². The lowest BCUT2D eigenvalue weighted by Gasteiger charge is -1.96. The van der Waals surface area contributed by atoms with Crippen LogP contribution in [0.5, 0.6) is 0 Å². The standard InChI is InChI=1S/C15H12N2O3S/c1-2-9-7-8-21-12(9)14-16-13(17-20-14)10-3-5-11(6-4-10)15(18)19/h3-8H,2H2,1H3,(H,18,19). The fourth-order valence-corrected chi connectivity index (χ4v) is 2.91. The molecule has 0 aliphatic carbocycles.